The average Bonchev–Trinajstić information content (AvgIpc) is 2.72. The highest BCUT2D eigenvalue weighted by Gasteiger charge is 2.19. The van der Waals surface area contributed by atoms with E-state index in [1.54, 1.807) is 18.9 Å². The van der Waals surface area contributed by atoms with Gasteiger partial charge in [-0.2, -0.15) is 0 Å². The number of methoxy groups -OCH3 is 1. The molecule has 0 aliphatic heterocycles. The number of nitrogens with one attached hydrogen (secondary N) is 1. The number of amides is 1. The van der Waals surface area contributed by atoms with Gasteiger partial charge in [-0.05, 0) is 60.8 Å². The summed E-state index contributed by atoms with van der Waals surface area (Å²) in [5, 5.41) is 5.31. The largest absolute Gasteiger partial charge is 0.496 e. The zero-order valence-corrected chi connectivity index (χ0v) is 17.5. The second-order valence-corrected chi connectivity index (χ2v) is 7.68. The highest BCUT2D eigenvalue weighted by atomic mass is 32.2. The number of rotatable bonds is 7. The Kier molecular flexibility index (Phi) is 6.60. The number of anilines is 1. The molecule has 3 aromatic rings. The monoisotopic (exact) mass is 394 g/mol. The van der Waals surface area contributed by atoms with Crippen LogP contribution in [0.5, 0.6) is 5.75 Å². The highest BCUT2D eigenvalue weighted by molar-refractivity contribution is 7.98. The van der Waals surface area contributed by atoms with E-state index in [0.29, 0.717) is 6.54 Å². The lowest BCUT2D eigenvalue weighted by atomic mass is 10.1. The van der Waals surface area contributed by atoms with Gasteiger partial charge in [0.1, 0.15) is 5.75 Å². The Morgan fingerprint density at radius 2 is 1.86 bits per heavy atom. The van der Waals surface area contributed by atoms with Crippen molar-refractivity contribution in [1.29, 1.82) is 0 Å². The maximum Gasteiger partial charge on any atom is 0.241 e. The van der Waals surface area contributed by atoms with Crippen LogP contribution in [0, 0.1) is 0 Å². The lowest BCUT2D eigenvalue weighted by Gasteiger charge is -2.24. The summed E-state index contributed by atoms with van der Waals surface area (Å²) in [5.41, 5.74) is 1.93. The van der Waals surface area contributed by atoms with Crippen molar-refractivity contribution in [2.45, 2.75) is 24.4 Å². The van der Waals surface area contributed by atoms with E-state index >= 15 is 0 Å². The Hall–Kier alpha value is -2.50. The van der Waals surface area contributed by atoms with Gasteiger partial charge in [0.05, 0.1) is 13.2 Å². The van der Waals surface area contributed by atoms with E-state index in [1.165, 1.54) is 0 Å². The van der Waals surface area contributed by atoms with Gasteiger partial charge < -0.3 is 10.1 Å². The normalized spacial score (nSPS) is 12.2. The second-order valence-electron chi connectivity index (χ2n) is 6.83. The maximum absolute atomic E-state index is 12.7. The predicted molar refractivity (Wildman–Crippen MR) is 118 cm³/mol. The van der Waals surface area contributed by atoms with Crippen LogP contribution in [0.15, 0.2) is 65.6 Å². The van der Waals surface area contributed by atoms with Crippen LogP contribution >= 0.6 is 11.8 Å². The third-order valence-corrected chi connectivity index (χ3v) is 5.71. The van der Waals surface area contributed by atoms with Gasteiger partial charge in [-0.15, -0.1) is 11.8 Å². The fraction of sp³-hybridized carbons (Fsp3) is 0.261. The second kappa shape index (κ2) is 9.13. The number of thioether (sulfide) groups is 1. The number of likely N-dealkylation sites (N-methyl/N-ethyl adjacent to an activating group) is 1. The van der Waals surface area contributed by atoms with Crippen LogP contribution in [0.4, 0.5) is 5.69 Å². The average molecular weight is 395 g/mol. The van der Waals surface area contributed by atoms with Crippen molar-refractivity contribution in [3.05, 3.63) is 66.2 Å². The van der Waals surface area contributed by atoms with E-state index < -0.39 is 0 Å². The third-order valence-electron chi connectivity index (χ3n) is 4.94. The van der Waals surface area contributed by atoms with Gasteiger partial charge in [0.15, 0.2) is 0 Å². The van der Waals surface area contributed by atoms with Crippen molar-refractivity contribution < 1.29 is 9.53 Å². The van der Waals surface area contributed by atoms with Gasteiger partial charge in [0.25, 0.3) is 0 Å². The molecule has 146 valence electrons. The summed E-state index contributed by atoms with van der Waals surface area (Å²) in [7, 11) is 3.64. The molecule has 0 aromatic heterocycles. The molecule has 0 saturated carbocycles. The molecule has 0 saturated heterocycles. The molecule has 3 rings (SSSR count). The van der Waals surface area contributed by atoms with Gasteiger partial charge in [0, 0.05) is 17.1 Å². The molecule has 0 fully saturated rings. The SMILES string of the molecule is COc1cc(CN(C)[C@H](C)C(=O)Nc2ccc3ccccc3c2)ccc1SC. The minimum atomic E-state index is -0.266. The molecule has 0 aliphatic rings. The first-order valence-electron chi connectivity index (χ1n) is 9.22. The molecular formula is C23H26N2O2S. The lowest BCUT2D eigenvalue weighted by molar-refractivity contribution is -0.120. The fourth-order valence-corrected chi connectivity index (χ4v) is 3.67. The molecule has 0 bridgehead atoms. The summed E-state index contributed by atoms with van der Waals surface area (Å²) in [6.45, 7) is 2.58. The highest BCUT2D eigenvalue weighted by Crippen LogP contribution is 2.29. The van der Waals surface area contributed by atoms with Crippen molar-refractivity contribution in [1.82, 2.24) is 4.90 Å². The number of ether oxygens (including phenoxy) is 1. The molecule has 4 nitrogen and oxygen atoms in total. The molecule has 0 radical (unpaired) electrons. The standard InChI is InChI=1S/C23H26N2O2S/c1-16(25(2)15-17-9-12-22(28-4)21(13-17)27-3)23(26)24-20-11-10-18-7-5-6-8-19(18)14-20/h5-14,16H,15H2,1-4H3,(H,24,26)/t16-/m1/s1. The summed E-state index contributed by atoms with van der Waals surface area (Å²) in [6, 6.07) is 20.0. The molecule has 0 aliphatic carbocycles. The quantitative estimate of drug-likeness (QED) is 0.571. The van der Waals surface area contributed by atoms with Crippen molar-refractivity contribution in [3.8, 4) is 5.75 Å². The summed E-state index contributed by atoms with van der Waals surface area (Å²) >= 11 is 1.66. The van der Waals surface area contributed by atoms with Crippen molar-refractivity contribution in [2.24, 2.45) is 0 Å². The molecule has 1 amide bonds. The van der Waals surface area contributed by atoms with Crippen LogP contribution in [0.25, 0.3) is 10.8 Å². The van der Waals surface area contributed by atoms with Crippen LogP contribution in [-0.4, -0.2) is 37.3 Å². The minimum absolute atomic E-state index is 0.0227. The number of hydrogen-bond acceptors (Lipinski definition) is 4. The summed E-state index contributed by atoms with van der Waals surface area (Å²) in [4.78, 5) is 15.9. The van der Waals surface area contributed by atoms with E-state index in [2.05, 4.69) is 23.5 Å². The van der Waals surface area contributed by atoms with Crippen molar-refractivity contribution >= 4 is 34.1 Å². The minimum Gasteiger partial charge on any atom is -0.496 e. The van der Waals surface area contributed by atoms with Crippen molar-refractivity contribution in [3.63, 3.8) is 0 Å². The molecular weight excluding hydrogens is 368 g/mol. The van der Waals surface area contributed by atoms with Gasteiger partial charge in [0.2, 0.25) is 5.91 Å². The first kappa shape index (κ1) is 20.2. The van der Waals surface area contributed by atoms with Gasteiger partial charge >= 0.3 is 0 Å². The van der Waals surface area contributed by atoms with Crippen molar-refractivity contribution in [2.75, 3.05) is 25.7 Å². The van der Waals surface area contributed by atoms with Crippen LogP contribution in [-0.2, 0) is 11.3 Å². The first-order valence-corrected chi connectivity index (χ1v) is 10.4. The number of fused-ring (bicyclic) bond motifs is 1. The molecule has 0 unspecified atom stereocenters. The Morgan fingerprint density at radius 1 is 1.11 bits per heavy atom. The number of benzene rings is 3. The molecule has 0 spiro atoms. The third kappa shape index (κ3) is 4.66. The summed E-state index contributed by atoms with van der Waals surface area (Å²) < 4.78 is 5.46. The van der Waals surface area contributed by atoms with Gasteiger partial charge in [-0.1, -0.05) is 36.4 Å². The number of carbonyl (C=O) groups excluding carboxylic acids is 1. The smallest absolute Gasteiger partial charge is 0.241 e. The molecule has 0 heterocycles. The Labute approximate surface area is 170 Å². The summed E-state index contributed by atoms with van der Waals surface area (Å²) in [6.07, 6.45) is 2.03. The number of hydrogen-bond donors (Lipinski definition) is 1. The molecule has 1 atom stereocenters. The molecule has 1 N–H and O–H groups in total. The predicted octanol–water partition coefficient (Wildman–Crippen LogP) is 5.03. The topological polar surface area (TPSA) is 41.6 Å². The van der Waals surface area contributed by atoms with E-state index in [9.17, 15) is 4.79 Å². The maximum atomic E-state index is 12.7. The zero-order chi connectivity index (χ0) is 20.1. The Morgan fingerprint density at radius 3 is 2.57 bits per heavy atom. The lowest BCUT2D eigenvalue weighted by Crippen LogP contribution is -2.39. The van der Waals surface area contributed by atoms with E-state index in [1.807, 2.05) is 67.6 Å². The van der Waals surface area contributed by atoms with Gasteiger partial charge in [-0.25, -0.2) is 0 Å². The number of nitrogens with zero attached hydrogens (tertiary/aromatic N) is 1. The van der Waals surface area contributed by atoms with Crippen LogP contribution in [0.3, 0.4) is 0 Å². The molecule has 3 aromatic carbocycles. The van der Waals surface area contributed by atoms with Crippen LogP contribution < -0.4 is 10.1 Å². The fourth-order valence-electron chi connectivity index (χ4n) is 3.12. The van der Waals surface area contributed by atoms with E-state index in [4.69, 9.17) is 4.74 Å². The molecule has 28 heavy (non-hydrogen) atoms. The van der Waals surface area contributed by atoms with Crippen LogP contribution in [0.2, 0.25) is 0 Å². The summed E-state index contributed by atoms with van der Waals surface area (Å²) in [5.74, 6) is 0.845. The van der Waals surface area contributed by atoms with E-state index in [0.717, 1.165) is 32.7 Å². The zero-order valence-electron chi connectivity index (χ0n) is 16.7. The number of carbonyl (C=O) groups is 1. The van der Waals surface area contributed by atoms with Crippen LogP contribution in [0.1, 0.15) is 12.5 Å². The van der Waals surface area contributed by atoms with Gasteiger partial charge in [-0.3, -0.25) is 9.69 Å². The Balaban J connectivity index is 1.66. The first-order chi connectivity index (χ1) is 13.5. The molecule has 5 heteroatoms. The van der Waals surface area contributed by atoms with E-state index in [-0.39, 0.29) is 11.9 Å². The Bertz CT molecular complexity index is 974.